The van der Waals surface area contributed by atoms with E-state index >= 15 is 0 Å². The zero-order valence-electron chi connectivity index (χ0n) is 21.7. The second kappa shape index (κ2) is 11.2. The third-order valence-corrected chi connectivity index (χ3v) is 7.41. The van der Waals surface area contributed by atoms with Crippen LogP contribution in [0.2, 0.25) is 0 Å². The molecule has 1 aromatic heterocycles. The number of rotatable bonds is 7. The zero-order valence-corrected chi connectivity index (χ0v) is 21.7. The van der Waals surface area contributed by atoms with Gasteiger partial charge in [-0.15, -0.1) is 0 Å². The van der Waals surface area contributed by atoms with Crippen LogP contribution in [0.25, 0.3) is 22.3 Å². The predicted octanol–water partition coefficient (Wildman–Crippen LogP) is -1.14. The van der Waals surface area contributed by atoms with Crippen molar-refractivity contribution < 1.29 is 64.2 Å². The monoisotopic (exact) mass is 578 g/mol. The number of benzene rings is 2. The van der Waals surface area contributed by atoms with Crippen LogP contribution in [0.1, 0.15) is 11.7 Å². The number of methoxy groups -OCH3 is 1. The van der Waals surface area contributed by atoms with Crippen molar-refractivity contribution in [2.75, 3.05) is 26.9 Å². The summed E-state index contributed by atoms with van der Waals surface area (Å²) in [6.07, 6.45) is -11.7. The van der Waals surface area contributed by atoms with Gasteiger partial charge in [0, 0.05) is 17.7 Å². The van der Waals surface area contributed by atoms with Crippen molar-refractivity contribution in [2.24, 2.45) is 0 Å². The predicted molar refractivity (Wildman–Crippen MR) is 137 cm³/mol. The van der Waals surface area contributed by atoms with Gasteiger partial charge < -0.3 is 64.2 Å². The Morgan fingerprint density at radius 3 is 2.37 bits per heavy atom. The number of aromatic hydroxyl groups is 2. The Labute approximate surface area is 231 Å². The Morgan fingerprint density at radius 2 is 1.76 bits per heavy atom. The highest BCUT2D eigenvalue weighted by Crippen LogP contribution is 2.45. The molecule has 2 saturated heterocycles. The number of phenolic OH excluding ortho intramolecular Hbond substituents is 2. The van der Waals surface area contributed by atoms with Gasteiger partial charge in [-0.25, -0.2) is 0 Å². The second-order valence-corrected chi connectivity index (χ2v) is 9.98. The molecular weight excluding hydrogens is 548 g/mol. The maximum Gasteiger partial charge on any atom is 0.197 e. The lowest BCUT2D eigenvalue weighted by molar-refractivity contribution is -0.286. The van der Waals surface area contributed by atoms with Crippen molar-refractivity contribution in [1.82, 2.24) is 0 Å². The Balaban J connectivity index is 1.52. The van der Waals surface area contributed by atoms with Crippen LogP contribution in [0.15, 0.2) is 45.6 Å². The molecule has 2 fully saturated rings. The summed E-state index contributed by atoms with van der Waals surface area (Å²) in [6.45, 7) is -2.17. The van der Waals surface area contributed by atoms with E-state index in [0.717, 1.165) is 12.1 Å². The van der Waals surface area contributed by atoms with Gasteiger partial charge in [0.15, 0.2) is 11.7 Å². The van der Waals surface area contributed by atoms with Crippen molar-refractivity contribution in [3.05, 3.63) is 52.2 Å². The van der Waals surface area contributed by atoms with Crippen molar-refractivity contribution in [3.8, 4) is 28.6 Å². The van der Waals surface area contributed by atoms with Crippen LogP contribution in [0.5, 0.6) is 17.2 Å². The molecule has 14 nitrogen and oxygen atoms in total. The van der Waals surface area contributed by atoms with E-state index in [2.05, 4.69) is 0 Å². The number of ether oxygens (including phenoxy) is 4. The number of fused-ring (bicyclic) bond motifs is 1. The molecule has 3 heterocycles. The summed E-state index contributed by atoms with van der Waals surface area (Å²) in [4.78, 5) is 13.1. The van der Waals surface area contributed by atoms with E-state index < -0.39 is 90.8 Å². The standard InChI is InChI=1S/C27H30O14/c1-37-12-4-2-11(3-5-12)15-6-13(30)18-16(39-15)7-14(31)19(21(18)33)23-22(34)24(20(32)17(8-28)40-23)41-26-25(35)27(36,9-29)10-38-26/h2-7,17,20,22-26,28-29,31-36H,8-10H2,1H3. The lowest BCUT2D eigenvalue weighted by Crippen LogP contribution is -2.58. The summed E-state index contributed by atoms with van der Waals surface area (Å²) in [5.41, 5.74) is -2.85. The van der Waals surface area contributed by atoms with Crippen LogP contribution in [-0.2, 0) is 14.2 Å². The lowest BCUT2D eigenvalue weighted by Gasteiger charge is -2.43. The van der Waals surface area contributed by atoms with Gasteiger partial charge in [0.2, 0.25) is 0 Å². The van der Waals surface area contributed by atoms with Crippen LogP contribution in [-0.4, -0.2) is 110 Å². The summed E-state index contributed by atoms with van der Waals surface area (Å²) in [6, 6.07) is 8.80. The molecule has 14 heteroatoms. The van der Waals surface area contributed by atoms with Gasteiger partial charge in [-0.2, -0.15) is 0 Å². The second-order valence-electron chi connectivity index (χ2n) is 9.98. The largest absolute Gasteiger partial charge is 0.507 e. The fourth-order valence-electron chi connectivity index (χ4n) is 5.03. The summed E-state index contributed by atoms with van der Waals surface area (Å²) in [5, 5.41) is 83.3. The topological polar surface area (TPSA) is 229 Å². The minimum Gasteiger partial charge on any atom is -0.507 e. The first kappa shape index (κ1) is 29.2. The fraction of sp³-hybridized carbons (Fsp3) is 0.444. The van der Waals surface area contributed by atoms with E-state index in [4.69, 9.17) is 23.4 Å². The maximum absolute atomic E-state index is 13.1. The van der Waals surface area contributed by atoms with Crippen LogP contribution < -0.4 is 10.2 Å². The van der Waals surface area contributed by atoms with Gasteiger partial charge in [0.1, 0.15) is 76.2 Å². The highest BCUT2D eigenvalue weighted by Gasteiger charge is 2.53. The quantitative estimate of drug-likeness (QED) is 0.166. The van der Waals surface area contributed by atoms with Crippen LogP contribution in [0, 0.1) is 0 Å². The van der Waals surface area contributed by atoms with Crippen molar-refractivity contribution in [2.45, 2.75) is 48.5 Å². The highest BCUT2D eigenvalue weighted by molar-refractivity contribution is 5.88. The minimum atomic E-state index is -2.06. The van der Waals surface area contributed by atoms with E-state index in [0.29, 0.717) is 11.3 Å². The molecule has 8 atom stereocenters. The zero-order chi connectivity index (χ0) is 29.6. The first-order valence-electron chi connectivity index (χ1n) is 12.6. The highest BCUT2D eigenvalue weighted by atomic mass is 16.7. The molecule has 0 aliphatic carbocycles. The minimum absolute atomic E-state index is 0.139. The third-order valence-electron chi connectivity index (χ3n) is 7.41. The molecular formula is C27H30O14. The van der Waals surface area contributed by atoms with Crippen molar-refractivity contribution >= 4 is 11.0 Å². The van der Waals surface area contributed by atoms with Crippen LogP contribution in [0.4, 0.5) is 0 Å². The molecule has 0 amide bonds. The summed E-state index contributed by atoms with van der Waals surface area (Å²) in [5.74, 6) is -0.708. The SMILES string of the molecule is COc1ccc(-c2cc(=O)c3c(O)c(C4OC(CO)C(O)C(OC5OCC(O)(CO)C5O)C4O)c(O)cc3o2)cc1. The number of aliphatic hydroxyl groups is 6. The molecule has 2 aliphatic rings. The van der Waals surface area contributed by atoms with E-state index in [1.165, 1.54) is 7.11 Å². The van der Waals surface area contributed by atoms with Gasteiger partial charge in [-0.1, -0.05) is 0 Å². The third kappa shape index (κ3) is 5.03. The molecule has 41 heavy (non-hydrogen) atoms. The smallest absolute Gasteiger partial charge is 0.197 e. The molecule has 222 valence electrons. The average Bonchev–Trinajstić information content (AvgIpc) is 3.25. The van der Waals surface area contributed by atoms with Gasteiger partial charge >= 0.3 is 0 Å². The molecule has 2 aromatic carbocycles. The van der Waals surface area contributed by atoms with Gasteiger partial charge in [-0.05, 0) is 24.3 Å². The van der Waals surface area contributed by atoms with Crippen LogP contribution >= 0.6 is 0 Å². The molecule has 0 spiro atoms. The molecule has 0 saturated carbocycles. The molecule has 8 N–H and O–H groups in total. The summed E-state index contributed by atoms with van der Waals surface area (Å²) < 4.78 is 27.3. The fourth-order valence-corrected chi connectivity index (χ4v) is 5.03. The Hall–Kier alpha value is -3.31. The van der Waals surface area contributed by atoms with E-state index in [-0.39, 0.29) is 16.7 Å². The number of phenols is 2. The first-order chi connectivity index (χ1) is 19.5. The van der Waals surface area contributed by atoms with Gasteiger partial charge in [0.05, 0.1) is 32.5 Å². The summed E-state index contributed by atoms with van der Waals surface area (Å²) in [7, 11) is 1.50. The van der Waals surface area contributed by atoms with Crippen LogP contribution in [0.3, 0.4) is 0 Å². The normalized spacial score (nSPS) is 31.9. The number of aliphatic hydroxyl groups excluding tert-OH is 5. The van der Waals surface area contributed by atoms with Crippen molar-refractivity contribution in [1.29, 1.82) is 0 Å². The summed E-state index contributed by atoms with van der Waals surface area (Å²) >= 11 is 0. The van der Waals surface area contributed by atoms with E-state index in [1.54, 1.807) is 24.3 Å². The molecule has 0 bridgehead atoms. The molecule has 8 unspecified atom stereocenters. The maximum atomic E-state index is 13.1. The molecule has 3 aromatic rings. The Kier molecular flexibility index (Phi) is 7.95. The van der Waals surface area contributed by atoms with Gasteiger partial charge in [0.25, 0.3) is 0 Å². The van der Waals surface area contributed by atoms with E-state index in [9.17, 15) is 45.6 Å². The molecule has 2 aliphatic heterocycles. The van der Waals surface area contributed by atoms with Gasteiger partial charge in [-0.3, -0.25) is 4.79 Å². The Morgan fingerprint density at radius 1 is 1.05 bits per heavy atom. The molecule has 5 rings (SSSR count). The lowest BCUT2D eigenvalue weighted by atomic mass is 9.89. The number of hydrogen-bond donors (Lipinski definition) is 8. The first-order valence-corrected chi connectivity index (χ1v) is 12.6. The Bertz CT molecular complexity index is 1460. The average molecular weight is 579 g/mol. The number of hydrogen-bond acceptors (Lipinski definition) is 14. The molecule has 0 radical (unpaired) electrons. The van der Waals surface area contributed by atoms with E-state index in [1.807, 2.05) is 0 Å². The van der Waals surface area contributed by atoms with Crippen molar-refractivity contribution in [3.63, 3.8) is 0 Å².